The van der Waals surface area contributed by atoms with Gasteiger partial charge in [-0.3, -0.25) is 4.79 Å². The monoisotopic (exact) mass is 248 g/mol. The van der Waals surface area contributed by atoms with E-state index in [4.69, 9.17) is 4.74 Å². The summed E-state index contributed by atoms with van der Waals surface area (Å²) in [5.74, 6) is 0.0218. The number of allylic oxidation sites excluding steroid dienone is 2. The lowest BCUT2D eigenvalue weighted by Crippen LogP contribution is -2.09. The van der Waals surface area contributed by atoms with Crippen LogP contribution in [-0.2, 0) is 9.53 Å². The van der Waals surface area contributed by atoms with Crippen molar-refractivity contribution in [3.63, 3.8) is 0 Å². The van der Waals surface area contributed by atoms with Crippen molar-refractivity contribution in [2.24, 2.45) is 0 Å². The van der Waals surface area contributed by atoms with Crippen LogP contribution in [0.2, 0.25) is 0 Å². The normalized spacial score (nSPS) is 11.7. The van der Waals surface area contributed by atoms with Gasteiger partial charge >= 0.3 is 5.97 Å². The molecule has 0 bridgehead atoms. The molecule has 3 heteroatoms. The van der Waals surface area contributed by atoms with Crippen molar-refractivity contribution in [1.82, 2.24) is 0 Å². The van der Waals surface area contributed by atoms with Crippen LogP contribution in [0.5, 0.6) is 5.75 Å². The second-order valence-electron chi connectivity index (χ2n) is 4.45. The Hall–Kier alpha value is -1.77. The van der Waals surface area contributed by atoms with Gasteiger partial charge in [0.15, 0.2) is 0 Å². The van der Waals surface area contributed by atoms with Gasteiger partial charge in [0.25, 0.3) is 0 Å². The highest BCUT2D eigenvalue weighted by atomic mass is 16.5. The molecule has 0 aromatic heterocycles. The molecule has 0 saturated heterocycles. The van der Waals surface area contributed by atoms with Crippen LogP contribution in [0, 0.1) is 0 Å². The van der Waals surface area contributed by atoms with Crippen LogP contribution < -0.4 is 0 Å². The minimum absolute atomic E-state index is 0.00495. The van der Waals surface area contributed by atoms with E-state index in [1.165, 1.54) is 0 Å². The first-order valence-electron chi connectivity index (χ1n) is 6.12. The summed E-state index contributed by atoms with van der Waals surface area (Å²) in [6.45, 7) is 6.20. The van der Waals surface area contributed by atoms with Crippen molar-refractivity contribution in [3.8, 4) is 5.75 Å². The molecule has 0 aliphatic heterocycles. The van der Waals surface area contributed by atoms with Crippen molar-refractivity contribution in [3.05, 3.63) is 41.5 Å². The van der Waals surface area contributed by atoms with E-state index in [0.29, 0.717) is 13.0 Å². The van der Waals surface area contributed by atoms with E-state index in [1.54, 1.807) is 19.1 Å². The number of aromatic hydroxyl groups is 1. The lowest BCUT2D eigenvalue weighted by Gasteiger charge is -2.13. The van der Waals surface area contributed by atoms with Crippen LogP contribution in [0.3, 0.4) is 0 Å². The van der Waals surface area contributed by atoms with Crippen LogP contribution in [0.15, 0.2) is 35.9 Å². The van der Waals surface area contributed by atoms with E-state index in [0.717, 1.165) is 11.1 Å². The number of phenolic OH excluding ortho intramolecular Hbond substituents is 1. The van der Waals surface area contributed by atoms with Gasteiger partial charge < -0.3 is 9.84 Å². The molecule has 0 unspecified atom stereocenters. The molecule has 0 heterocycles. The zero-order valence-electron chi connectivity index (χ0n) is 11.1. The van der Waals surface area contributed by atoms with Crippen LogP contribution in [0.4, 0.5) is 0 Å². The summed E-state index contributed by atoms with van der Waals surface area (Å²) in [5.41, 5.74) is 2.15. The summed E-state index contributed by atoms with van der Waals surface area (Å²) in [6.07, 6.45) is 2.37. The Labute approximate surface area is 108 Å². The van der Waals surface area contributed by atoms with E-state index in [2.05, 4.69) is 0 Å². The predicted molar refractivity (Wildman–Crippen MR) is 71.5 cm³/mol. The second kappa shape index (κ2) is 6.84. The lowest BCUT2D eigenvalue weighted by molar-refractivity contribution is -0.143. The maximum Gasteiger partial charge on any atom is 0.306 e. The number of carbonyl (C=O) groups excluding carboxylic acids is 1. The summed E-state index contributed by atoms with van der Waals surface area (Å²) >= 11 is 0. The molecule has 0 aliphatic rings. The van der Waals surface area contributed by atoms with Gasteiger partial charge in [0.1, 0.15) is 5.75 Å². The molecule has 0 radical (unpaired) electrons. The van der Waals surface area contributed by atoms with Gasteiger partial charge in [0.2, 0.25) is 0 Å². The summed E-state index contributed by atoms with van der Waals surface area (Å²) in [7, 11) is 0. The molecule has 98 valence electrons. The zero-order chi connectivity index (χ0) is 13.5. The average molecular weight is 248 g/mol. The van der Waals surface area contributed by atoms with Gasteiger partial charge in [-0.15, -0.1) is 0 Å². The number of hydrogen-bond acceptors (Lipinski definition) is 3. The molecule has 0 amide bonds. The number of ether oxygens (including phenoxy) is 1. The smallest absolute Gasteiger partial charge is 0.306 e. The second-order valence-corrected chi connectivity index (χ2v) is 4.45. The molecular weight excluding hydrogens is 228 g/mol. The molecule has 0 spiro atoms. The maximum absolute atomic E-state index is 11.6. The summed E-state index contributed by atoms with van der Waals surface area (Å²) in [4.78, 5) is 11.6. The van der Waals surface area contributed by atoms with E-state index < -0.39 is 0 Å². The molecule has 1 atom stereocenters. The minimum Gasteiger partial charge on any atom is -0.508 e. The van der Waals surface area contributed by atoms with E-state index >= 15 is 0 Å². The van der Waals surface area contributed by atoms with Crippen LogP contribution in [-0.4, -0.2) is 17.7 Å². The van der Waals surface area contributed by atoms with Crippen LogP contribution in [0.25, 0.3) is 0 Å². The molecule has 0 fully saturated rings. The fourth-order valence-corrected chi connectivity index (χ4v) is 1.80. The van der Waals surface area contributed by atoms with Gasteiger partial charge in [0, 0.05) is 5.92 Å². The highest BCUT2D eigenvalue weighted by Crippen LogP contribution is 2.25. The Kier molecular flexibility index (Phi) is 5.43. The van der Waals surface area contributed by atoms with E-state index in [-0.39, 0.29) is 17.6 Å². The molecule has 0 aliphatic carbocycles. The van der Waals surface area contributed by atoms with Gasteiger partial charge in [-0.1, -0.05) is 23.8 Å². The predicted octanol–water partition coefficient (Wildman–Crippen LogP) is 3.40. The molecule has 3 nitrogen and oxygen atoms in total. The average Bonchev–Trinajstić information content (AvgIpc) is 2.28. The molecular formula is C15H20O3. The SMILES string of the molecule is CCOC(=O)C[C@H](C=C(C)C)c1ccc(O)cc1. The highest BCUT2D eigenvalue weighted by molar-refractivity contribution is 5.71. The first-order chi connectivity index (χ1) is 8.52. The van der Waals surface area contributed by atoms with Crippen molar-refractivity contribution in [2.75, 3.05) is 6.61 Å². The Morgan fingerprint density at radius 2 is 1.94 bits per heavy atom. The molecule has 1 rings (SSSR count). The maximum atomic E-state index is 11.6. The van der Waals surface area contributed by atoms with E-state index in [1.807, 2.05) is 32.1 Å². The molecule has 1 aromatic carbocycles. The summed E-state index contributed by atoms with van der Waals surface area (Å²) < 4.78 is 4.98. The number of carbonyl (C=O) groups is 1. The third-order valence-corrected chi connectivity index (χ3v) is 2.55. The Bertz CT molecular complexity index is 414. The Morgan fingerprint density at radius 1 is 1.33 bits per heavy atom. The van der Waals surface area contributed by atoms with Crippen LogP contribution >= 0.6 is 0 Å². The van der Waals surface area contributed by atoms with Gasteiger partial charge in [0.05, 0.1) is 13.0 Å². The fraction of sp³-hybridized carbons (Fsp3) is 0.400. The fourth-order valence-electron chi connectivity index (χ4n) is 1.80. The molecule has 1 aromatic rings. The standard InChI is InChI=1S/C15H20O3/c1-4-18-15(17)10-13(9-11(2)3)12-5-7-14(16)8-6-12/h5-9,13,16H,4,10H2,1-3H3/t13-/m0/s1. The van der Waals surface area contributed by atoms with Crippen molar-refractivity contribution in [1.29, 1.82) is 0 Å². The van der Waals surface area contributed by atoms with Crippen molar-refractivity contribution in [2.45, 2.75) is 33.1 Å². The number of hydrogen-bond donors (Lipinski definition) is 1. The zero-order valence-corrected chi connectivity index (χ0v) is 11.1. The Balaban J connectivity index is 2.88. The lowest BCUT2D eigenvalue weighted by atomic mass is 9.94. The van der Waals surface area contributed by atoms with Crippen molar-refractivity contribution >= 4 is 5.97 Å². The number of phenols is 1. The summed E-state index contributed by atoms with van der Waals surface area (Å²) in [6, 6.07) is 6.93. The quantitative estimate of drug-likeness (QED) is 0.641. The molecule has 18 heavy (non-hydrogen) atoms. The van der Waals surface area contributed by atoms with Gasteiger partial charge in [-0.25, -0.2) is 0 Å². The third-order valence-electron chi connectivity index (χ3n) is 2.55. The summed E-state index contributed by atoms with van der Waals surface area (Å²) in [5, 5.41) is 9.28. The van der Waals surface area contributed by atoms with Gasteiger partial charge in [-0.2, -0.15) is 0 Å². The van der Waals surface area contributed by atoms with Crippen LogP contribution in [0.1, 0.15) is 38.7 Å². The Morgan fingerprint density at radius 3 is 2.44 bits per heavy atom. The largest absolute Gasteiger partial charge is 0.508 e. The number of esters is 1. The number of benzene rings is 1. The molecule has 0 saturated carbocycles. The first kappa shape index (κ1) is 14.3. The van der Waals surface area contributed by atoms with E-state index in [9.17, 15) is 9.90 Å². The van der Waals surface area contributed by atoms with Crippen molar-refractivity contribution < 1.29 is 14.6 Å². The topological polar surface area (TPSA) is 46.5 Å². The third kappa shape index (κ3) is 4.62. The highest BCUT2D eigenvalue weighted by Gasteiger charge is 2.14. The molecule has 1 N–H and O–H groups in total. The van der Waals surface area contributed by atoms with Gasteiger partial charge in [-0.05, 0) is 38.5 Å². The minimum atomic E-state index is -0.201. The number of rotatable bonds is 5. The first-order valence-corrected chi connectivity index (χ1v) is 6.12.